The zero-order valence-electron chi connectivity index (χ0n) is 12.3. The number of rotatable bonds is 2. The average molecular weight is 338 g/mol. The number of likely N-dealkylation sites (N-methyl/N-ethyl adjacent to an activating group) is 1. The van der Waals surface area contributed by atoms with Gasteiger partial charge in [-0.15, -0.1) is 12.4 Å². The number of benzene rings is 1. The highest BCUT2D eigenvalue weighted by Gasteiger charge is 2.50. The Kier molecular flexibility index (Phi) is 5.32. The number of hydrogen-bond donors (Lipinski definition) is 2. The second-order valence-corrected chi connectivity index (χ2v) is 5.69. The molecule has 0 unspecified atom stereocenters. The molecule has 1 saturated carbocycles. The van der Waals surface area contributed by atoms with Gasteiger partial charge in [0.25, 0.3) is 0 Å². The number of carbonyl (C=O) groups is 1. The highest BCUT2D eigenvalue weighted by molar-refractivity contribution is 5.96. The maximum absolute atomic E-state index is 12.6. The van der Waals surface area contributed by atoms with Crippen LogP contribution in [0.3, 0.4) is 0 Å². The molecular formula is C15H19ClF3NO2. The Balaban J connectivity index is 0.00000242. The standard InChI is InChI=1S/C15H18F3NO2.ClH/c1-13(21)8-3-9-14(19-2,12(13)20)10-4-6-11(7-5-10)15(16,17)18;/h4-7,19,21H,3,8-9H2,1-2H3;1H/t13-,14+;/m1./s1. The van der Waals surface area contributed by atoms with Gasteiger partial charge >= 0.3 is 6.18 Å². The van der Waals surface area contributed by atoms with E-state index in [4.69, 9.17) is 0 Å². The molecule has 1 aliphatic carbocycles. The summed E-state index contributed by atoms with van der Waals surface area (Å²) in [7, 11) is 1.58. The molecule has 0 amide bonds. The van der Waals surface area contributed by atoms with Gasteiger partial charge in [-0.3, -0.25) is 4.79 Å². The Morgan fingerprint density at radius 1 is 1.18 bits per heavy atom. The lowest BCUT2D eigenvalue weighted by atomic mass is 9.69. The summed E-state index contributed by atoms with van der Waals surface area (Å²) < 4.78 is 37.8. The maximum atomic E-state index is 12.6. The van der Waals surface area contributed by atoms with Gasteiger partial charge in [-0.25, -0.2) is 0 Å². The van der Waals surface area contributed by atoms with E-state index in [1.54, 1.807) is 7.05 Å². The number of nitrogens with one attached hydrogen (secondary N) is 1. The van der Waals surface area contributed by atoms with E-state index in [1.807, 2.05) is 0 Å². The minimum atomic E-state index is -4.41. The monoisotopic (exact) mass is 337 g/mol. The average Bonchev–Trinajstić information content (AvgIpc) is 2.41. The number of carbonyl (C=O) groups excluding carboxylic acids is 1. The molecule has 0 heterocycles. The molecule has 0 radical (unpaired) electrons. The smallest absolute Gasteiger partial charge is 0.382 e. The number of Topliss-reactive ketones (excluding diaryl/α,β-unsaturated/α-hetero) is 1. The highest BCUT2D eigenvalue weighted by Crippen LogP contribution is 2.39. The first-order valence-corrected chi connectivity index (χ1v) is 6.77. The molecular weight excluding hydrogens is 319 g/mol. The van der Waals surface area contributed by atoms with Gasteiger partial charge in [-0.2, -0.15) is 13.2 Å². The predicted octanol–water partition coefficient (Wildman–Crippen LogP) is 3.05. The summed E-state index contributed by atoms with van der Waals surface area (Å²) in [5, 5.41) is 13.1. The first kappa shape index (κ1) is 18.9. The van der Waals surface area contributed by atoms with Crippen LogP contribution < -0.4 is 5.32 Å². The van der Waals surface area contributed by atoms with Gasteiger partial charge in [0.1, 0.15) is 11.1 Å². The summed E-state index contributed by atoms with van der Waals surface area (Å²) in [5.74, 6) is -0.400. The van der Waals surface area contributed by atoms with Gasteiger partial charge in [0, 0.05) is 0 Å². The molecule has 2 atom stereocenters. The molecule has 7 heteroatoms. The summed E-state index contributed by atoms with van der Waals surface area (Å²) in [5.41, 5.74) is -2.91. The number of hydrogen-bond acceptors (Lipinski definition) is 3. The fourth-order valence-corrected chi connectivity index (χ4v) is 2.99. The Morgan fingerprint density at radius 3 is 2.18 bits per heavy atom. The van der Waals surface area contributed by atoms with Crippen molar-refractivity contribution in [1.82, 2.24) is 5.32 Å². The van der Waals surface area contributed by atoms with E-state index in [1.165, 1.54) is 19.1 Å². The molecule has 0 spiro atoms. The van der Waals surface area contributed by atoms with Crippen LogP contribution in [-0.4, -0.2) is 23.5 Å². The Bertz CT molecular complexity index is 543. The summed E-state index contributed by atoms with van der Waals surface area (Å²) in [4.78, 5) is 12.5. The van der Waals surface area contributed by atoms with Crippen molar-refractivity contribution in [2.75, 3.05) is 7.05 Å². The van der Waals surface area contributed by atoms with E-state index in [-0.39, 0.29) is 12.4 Å². The zero-order valence-corrected chi connectivity index (χ0v) is 13.1. The quantitative estimate of drug-likeness (QED) is 0.872. The number of alkyl halides is 3. The van der Waals surface area contributed by atoms with E-state index in [2.05, 4.69) is 5.32 Å². The molecule has 3 nitrogen and oxygen atoms in total. The molecule has 1 aromatic rings. The highest BCUT2D eigenvalue weighted by atomic mass is 35.5. The lowest BCUT2D eigenvalue weighted by Crippen LogP contribution is -2.59. The Hall–Kier alpha value is -1.11. The maximum Gasteiger partial charge on any atom is 0.416 e. The van der Waals surface area contributed by atoms with Crippen LogP contribution in [0.1, 0.15) is 37.3 Å². The van der Waals surface area contributed by atoms with Gasteiger partial charge in [0.2, 0.25) is 0 Å². The Morgan fingerprint density at radius 2 is 1.73 bits per heavy atom. The summed E-state index contributed by atoms with van der Waals surface area (Å²) >= 11 is 0. The largest absolute Gasteiger partial charge is 0.416 e. The van der Waals surface area contributed by atoms with Crippen LogP contribution in [0.15, 0.2) is 24.3 Å². The van der Waals surface area contributed by atoms with Crippen molar-refractivity contribution in [3.63, 3.8) is 0 Å². The van der Waals surface area contributed by atoms with Crippen molar-refractivity contribution in [3.05, 3.63) is 35.4 Å². The van der Waals surface area contributed by atoms with Crippen molar-refractivity contribution >= 4 is 18.2 Å². The van der Waals surface area contributed by atoms with E-state index in [0.29, 0.717) is 24.8 Å². The van der Waals surface area contributed by atoms with Crippen molar-refractivity contribution in [2.24, 2.45) is 0 Å². The molecule has 1 aliphatic rings. The topological polar surface area (TPSA) is 49.3 Å². The van der Waals surface area contributed by atoms with E-state index >= 15 is 0 Å². The number of halogens is 4. The van der Waals surface area contributed by atoms with Crippen LogP contribution in [0.2, 0.25) is 0 Å². The van der Waals surface area contributed by atoms with Gasteiger partial charge in [0.05, 0.1) is 5.56 Å². The van der Waals surface area contributed by atoms with Gasteiger partial charge < -0.3 is 10.4 Å². The van der Waals surface area contributed by atoms with Crippen LogP contribution in [0.25, 0.3) is 0 Å². The fourth-order valence-electron chi connectivity index (χ4n) is 2.99. The van der Waals surface area contributed by atoms with Gasteiger partial charge in [-0.1, -0.05) is 12.1 Å². The van der Waals surface area contributed by atoms with Crippen LogP contribution in [0.5, 0.6) is 0 Å². The molecule has 0 aliphatic heterocycles. The molecule has 2 N–H and O–H groups in total. The lowest BCUT2D eigenvalue weighted by molar-refractivity contribution is -0.148. The molecule has 2 rings (SSSR count). The van der Waals surface area contributed by atoms with Crippen LogP contribution in [-0.2, 0) is 16.5 Å². The van der Waals surface area contributed by atoms with Crippen molar-refractivity contribution < 1.29 is 23.1 Å². The second kappa shape index (κ2) is 6.18. The third-order valence-corrected chi connectivity index (χ3v) is 4.22. The molecule has 0 aromatic heterocycles. The lowest BCUT2D eigenvalue weighted by Gasteiger charge is -2.42. The van der Waals surface area contributed by atoms with Gasteiger partial charge in [-0.05, 0) is 50.9 Å². The van der Waals surface area contributed by atoms with E-state index in [9.17, 15) is 23.1 Å². The fraction of sp³-hybridized carbons (Fsp3) is 0.533. The minimum Gasteiger partial charge on any atom is -0.382 e. The normalized spacial score (nSPS) is 29.1. The first-order chi connectivity index (χ1) is 9.63. The van der Waals surface area contributed by atoms with Crippen molar-refractivity contribution in [2.45, 2.75) is 43.5 Å². The molecule has 1 fully saturated rings. The predicted molar refractivity (Wildman–Crippen MR) is 78.9 cm³/mol. The second-order valence-electron chi connectivity index (χ2n) is 5.69. The first-order valence-electron chi connectivity index (χ1n) is 6.77. The van der Waals surface area contributed by atoms with E-state index < -0.39 is 28.7 Å². The van der Waals surface area contributed by atoms with Crippen molar-refractivity contribution in [3.8, 4) is 0 Å². The van der Waals surface area contributed by atoms with Crippen LogP contribution in [0, 0.1) is 0 Å². The number of ketones is 1. The minimum absolute atomic E-state index is 0. The van der Waals surface area contributed by atoms with Crippen LogP contribution >= 0.6 is 12.4 Å². The Labute approximate surface area is 133 Å². The summed E-state index contributed by atoms with van der Waals surface area (Å²) in [6.45, 7) is 1.45. The molecule has 0 bridgehead atoms. The number of aliphatic hydroxyl groups is 1. The third-order valence-electron chi connectivity index (χ3n) is 4.22. The van der Waals surface area contributed by atoms with Crippen molar-refractivity contribution in [1.29, 1.82) is 0 Å². The molecule has 22 heavy (non-hydrogen) atoms. The SMILES string of the molecule is CN[C@]1(c2ccc(C(F)(F)F)cc2)CCC[C@@](C)(O)C1=O.Cl. The van der Waals surface area contributed by atoms with E-state index in [0.717, 1.165) is 12.1 Å². The molecule has 0 saturated heterocycles. The van der Waals surface area contributed by atoms with Crippen LogP contribution in [0.4, 0.5) is 13.2 Å². The third kappa shape index (κ3) is 3.14. The summed E-state index contributed by atoms with van der Waals surface area (Å²) in [6, 6.07) is 4.54. The zero-order chi connectivity index (χ0) is 15.9. The molecule has 1 aromatic carbocycles. The summed E-state index contributed by atoms with van der Waals surface area (Å²) in [6.07, 6.45) is -2.99. The molecule has 124 valence electrons. The van der Waals surface area contributed by atoms with Gasteiger partial charge in [0.15, 0.2) is 5.78 Å².